The van der Waals surface area contributed by atoms with Crippen molar-refractivity contribution in [2.24, 2.45) is 0 Å². The summed E-state index contributed by atoms with van der Waals surface area (Å²) < 4.78 is 9.90. The number of hydrogen-bond acceptors (Lipinski definition) is 4. The fraction of sp³-hybridized carbons (Fsp3) is 0.500. The minimum atomic E-state index is -0.575. The number of esters is 1. The average molecular weight is 291 g/mol. The van der Waals surface area contributed by atoms with Gasteiger partial charge in [0, 0.05) is 0 Å². The second-order valence-electron chi connectivity index (χ2n) is 5.20. The van der Waals surface area contributed by atoms with Crippen LogP contribution in [0.5, 0.6) is 0 Å². The van der Waals surface area contributed by atoms with Gasteiger partial charge in [-0.2, -0.15) is 0 Å². The predicted molar refractivity (Wildman–Crippen MR) is 77.9 cm³/mol. The van der Waals surface area contributed by atoms with E-state index in [1.807, 2.05) is 18.2 Å². The summed E-state index contributed by atoms with van der Waals surface area (Å²) in [4.78, 5) is 22.7. The first-order valence-corrected chi connectivity index (χ1v) is 7.30. The smallest absolute Gasteiger partial charge is 0.407 e. The van der Waals surface area contributed by atoms with Crippen LogP contribution < -0.4 is 5.32 Å². The number of alkyl carbamates (subject to hydrolysis) is 1. The number of carbonyl (C=O) groups is 2. The highest BCUT2D eigenvalue weighted by Crippen LogP contribution is 2.22. The zero-order chi connectivity index (χ0) is 15.2. The molecular formula is C16H21NO4. The van der Waals surface area contributed by atoms with Crippen molar-refractivity contribution in [2.75, 3.05) is 6.61 Å². The van der Waals surface area contributed by atoms with E-state index in [9.17, 15) is 9.59 Å². The molecule has 1 saturated heterocycles. The Morgan fingerprint density at radius 1 is 1.38 bits per heavy atom. The Balaban J connectivity index is 1.73. The molecule has 1 aromatic carbocycles. The summed E-state index contributed by atoms with van der Waals surface area (Å²) in [5.74, 6) is -0.0400. The molecular weight excluding hydrogens is 270 g/mol. The summed E-state index contributed by atoms with van der Waals surface area (Å²) in [5.41, 5.74) is 1.25. The SMILES string of the molecule is CCC(CCOC(=O)N[C@H]1C(=O)O[C@@H]1C)c1ccccc1. The lowest BCUT2D eigenvalue weighted by atomic mass is 9.94. The normalized spacial score (nSPS) is 21.9. The molecule has 1 N–H and O–H groups in total. The van der Waals surface area contributed by atoms with Crippen LogP contribution in [0.15, 0.2) is 30.3 Å². The van der Waals surface area contributed by atoms with Crippen LogP contribution in [0.25, 0.3) is 0 Å². The van der Waals surface area contributed by atoms with Gasteiger partial charge >= 0.3 is 12.1 Å². The third-order valence-electron chi connectivity index (χ3n) is 3.76. The van der Waals surface area contributed by atoms with E-state index in [2.05, 4.69) is 24.4 Å². The van der Waals surface area contributed by atoms with Crippen LogP contribution in [0, 0.1) is 0 Å². The van der Waals surface area contributed by atoms with Gasteiger partial charge in [-0.15, -0.1) is 0 Å². The lowest BCUT2D eigenvalue weighted by Crippen LogP contribution is -2.58. The quantitative estimate of drug-likeness (QED) is 0.818. The highest BCUT2D eigenvalue weighted by Gasteiger charge is 2.40. The molecule has 0 aromatic heterocycles. The highest BCUT2D eigenvalue weighted by atomic mass is 16.6. The molecule has 5 nitrogen and oxygen atoms in total. The Bertz CT molecular complexity index is 488. The monoisotopic (exact) mass is 291 g/mol. The number of rotatable bonds is 6. The van der Waals surface area contributed by atoms with Gasteiger partial charge in [-0.3, -0.25) is 0 Å². The van der Waals surface area contributed by atoms with Crippen molar-refractivity contribution in [3.63, 3.8) is 0 Å². The number of hydrogen-bond donors (Lipinski definition) is 1. The third kappa shape index (κ3) is 3.97. The van der Waals surface area contributed by atoms with Gasteiger partial charge < -0.3 is 14.8 Å². The molecule has 1 aliphatic rings. The van der Waals surface area contributed by atoms with E-state index in [1.54, 1.807) is 6.92 Å². The maximum Gasteiger partial charge on any atom is 0.407 e. The molecule has 0 bridgehead atoms. The van der Waals surface area contributed by atoms with E-state index in [1.165, 1.54) is 5.56 Å². The van der Waals surface area contributed by atoms with Crippen LogP contribution in [-0.4, -0.2) is 30.8 Å². The van der Waals surface area contributed by atoms with Crippen molar-refractivity contribution in [2.45, 2.75) is 44.8 Å². The standard InChI is InChI=1S/C16H21NO4/c1-3-12(13-7-5-4-6-8-13)9-10-20-16(19)17-14-11(2)21-15(14)18/h4-8,11-12,14H,3,9-10H2,1-2H3,(H,17,19)/t11-,12?,14-/m1/s1. The summed E-state index contributed by atoms with van der Waals surface area (Å²) in [6.45, 7) is 4.17. The van der Waals surface area contributed by atoms with Gasteiger partial charge in [0.1, 0.15) is 6.10 Å². The zero-order valence-electron chi connectivity index (χ0n) is 12.4. The van der Waals surface area contributed by atoms with Gasteiger partial charge in [-0.25, -0.2) is 9.59 Å². The van der Waals surface area contributed by atoms with E-state index in [4.69, 9.17) is 9.47 Å². The van der Waals surface area contributed by atoms with E-state index >= 15 is 0 Å². The van der Waals surface area contributed by atoms with Crippen LogP contribution in [0.4, 0.5) is 4.79 Å². The molecule has 1 aromatic rings. The van der Waals surface area contributed by atoms with Gasteiger partial charge in [-0.1, -0.05) is 37.3 Å². The van der Waals surface area contributed by atoms with Gasteiger partial charge in [0.25, 0.3) is 0 Å². The number of amides is 1. The topological polar surface area (TPSA) is 64.6 Å². The van der Waals surface area contributed by atoms with Crippen LogP contribution in [0.2, 0.25) is 0 Å². The molecule has 5 heteroatoms. The van der Waals surface area contributed by atoms with Crippen LogP contribution in [0.1, 0.15) is 38.2 Å². The van der Waals surface area contributed by atoms with E-state index in [0.717, 1.165) is 12.8 Å². The maximum atomic E-state index is 11.6. The van der Waals surface area contributed by atoms with Crippen LogP contribution >= 0.6 is 0 Å². The van der Waals surface area contributed by atoms with Gasteiger partial charge in [0.15, 0.2) is 6.04 Å². The molecule has 0 spiro atoms. The maximum absolute atomic E-state index is 11.6. The molecule has 1 amide bonds. The van der Waals surface area contributed by atoms with Gasteiger partial charge in [-0.05, 0) is 31.2 Å². The molecule has 0 saturated carbocycles. The lowest BCUT2D eigenvalue weighted by Gasteiger charge is -2.32. The predicted octanol–water partition coefficient (Wildman–Crippen LogP) is 2.61. The Kier molecular flexibility index (Phi) is 5.20. The molecule has 0 radical (unpaired) electrons. The summed E-state index contributed by atoms with van der Waals surface area (Å²) in [6.07, 6.45) is 0.906. The minimum absolute atomic E-state index is 0.280. The van der Waals surface area contributed by atoms with Gasteiger partial charge in [0.05, 0.1) is 6.61 Å². The highest BCUT2D eigenvalue weighted by molar-refractivity contribution is 5.86. The zero-order valence-corrected chi connectivity index (χ0v) is 12.4. The van der Waals surface area contributed by atoms with Crippen molar-refractivity contribution in [3.8, 4) is 0 Å². The summed E-state index contributed by atoms with van der Waals surface area (Å²) in [5, 5.41) is 2.51. The first kappa shape index (κ1) is 15.4. The molecule has 3 atom stereocenters. The first-order chi connectivity index (χ1) is 10.1. The number of carbonyl (C=O) groups excluding carboxylic acids is 2. The summed E-state index contributed by atoms with van der Waals surface area (Å²) in [7, 11) is 0. The lowest BCUT2D eigenvalue weighted by molar-refractivity contribution is -0.174. The number of nitrogens with one attached hydrogen (secondary N) is 1. The molecule has 21 heavy (non-hydrogen) atoms. The van der Waals surface area contributed by atoms with E-state index in [-0.39, 0.29) is 6.10 Å². The fourth-order valence-corrected chi connectivity index (χ4v) is 2.41. The largest absolute Gasteiger partial charge is 0.458 e. The molecule has 0 aliphatic carbocycles. The molecule has 1 unspecified atom stereocenters. The van der Waals surface area contributed by atoms with E-state index < -0.39 is 18.1 Å². The molecule has 2 rings (SSSR count). The van der Waals surface area contributed by atoms with Crippen molar-refractivity contribution in [3.05, 3.63) is 35.9 Å². The third-order valence-corrected chi connectivity index (χ3v) is 3.76. The van der Waals surface area contributed by atoms with Crippen molar-refractivity contribution >= 4 is 12.1 Å². The molecule has 1 fully saturated rings. The summed E-state index contributed by atoms with van der Waals surface area (Å²) in [6, 6.07) is 9.60. The Morgan fingerprint density at radius 2 is 2.10 bits per heavy atom. The number of cyclic esters (lactones) is 1. The van der Waals surface area contributed by atoms with Crippen LogP contribution in [-0.2, 0) is 14.3 Å². The van der Waals surface area contributed by atoms with E-state index in [0.29, 0.717) is 12.5 Å². The van der Waals surface area contributed by atoms with Crippen molar-refractivity contribution < 1.29 is 19.1 Å². The average Bonchev–Trinajstić information content (AvgIpc) is 2.50. The number of benzene rings is 1. The number of ether oxygens (including phenoxy) is 2. The summed E-state index contributed by atoms with van der Waals surface area (Å²) >= 11 is 0. The van der Waals surface area contributed by atoms with Crippen molar-refractivity contribution in [1.82, 2.24) is 5.32 Å². The van der Waals surface area contributed by atoms with Crippen LogP contribution in [0.3, 0.4) is 0 Å². The Morgan fingerprint density at radius 3 is 2.67 bits per heavy atom. The first-order valence-electron chi connectivity index (χ1n) is 7.30. The second kappa shape index (κ2) is 7.11. The Labute approximate surface area is 124 Å². The second-order valence-corrected chi connectivity index (χ2v) is 5.20. The molecule has 1 heterocycles. The van der Waals surface area contributed by atoms with Gasteiger partial charge in [0.2, 0.25) is 0 Å². The molecule has 1 aliphatic heterocycles. The Hall–Kier alpha value is -2.04. The van der Waals surface area contributed by atoms with Crippen molar-refractivity contribution in [1.29, 1.82) is 0 Å². The molecule has 114 valence electrons. The minimum Gasteiger partial charge on any atom is -0.458 e. The fourth-order valence-electron chi connectivity index (χ4n) is 2.41.